The standard InChI is InChI=1S/C17H26O4/c1-16(2,3)15(19)20-11-13-9-12(10-18)7-8-14(13)21-17(4,5)6/h7-9,18H,10-11H2,1-6H3. The van der Waals surface area contributed by atoms with Gasteiger partial charge in [0.05, 0.1) is 12.0 Å². The Hall–Kier alpha value is -1.55. The topological polar surface area (TPSA) is 55.8 Å². The predicted molar refractivity (Wildman–Crippen MR) is 82.0 cm³/mol. The Morgan fingerprint density at radius 1 is 1.14 bits per heavy atom. The average Bonchev–Trinajstić information content (AvgIpc) is 2.34. The van der Waals surface area contributed by atoms with Crippen LogP contribution in [-0.2, 0) is 22.7 Å². The van der Waals surface area contributed by atoms with Crippen LogP contribution in [0.3, 0.4) is 0 Å². The number of hydrogen-bond acceptors (Lipinski definition) is 4. The van der Waals surface area contributed by atoms with Gasteiger partial charge < -0.3 is 14.6 Å². The number of carbonyl (C=O) groups is 1. The van der Waals surface area contributed by atoms with Crippen LogP contribution in [0.25, 0.3) is 0 Å². The summed E-state index contributed by atoms with van der Waals surface area (Å²) in [6, 6.07) is 5.41. The summed E-state index contributed by atoms with van der Waals surface area (Å²) in [6.07, 6.45) is 0. The Morgan fingerprint density at radius 3 is 2.24 bits per heavy atom. The number of esters is 1. The van der Waals surface area contributed by atoms with Gasteiger partial charge in [0.25, 0.3) is 0 Å². The normalized spacial score (nSPS) is 12.1. The maximum atomic E-state index is 11.9. The maximum absolute atomic E-state index is 11.9. The third kappa shape index (κ3) is 5.76. The van der Waals surface area contributed by atoms with Crippen molar-refractivity contribution in [3.05, 3.63) is 29.3 Å². The smallest absolute Gasteiger partial charge is 0.311 e. The molecule has 0 saturated carbocycles. The molecule has 0 aliphatic rings. The van der Waals surface area contributed by atoms with Crippen LogP contribution in [0.15, 0.2) is 18.2 Å². The molecule has 1 N–H and O–H groups in total. The highest BCUT2D eigenvalue weighted by Crippen LogP contribution is 2.26. The number of hydrogen-bond donors (Lipinski definition) is 1. The van der Waals surface area contributed by atoms with Crippen LogP contribution in [0, 0.1) is 5.41 Å². The predicted octanol–water partition coefficient (Wildman–Crippen LogP) is 3.45. The van der Waals surface area contributed by atoms with E-state index in [1.54, 1.807) is 18.2 Å². The second-order valence-electron chi connectivity index (χ2n) is 7.14. The first-order chi connectivity index (χ1) is 9.53. The van der Waals surface area contributed by atoms with Crippen molar-refractivity contribution < 1.29 is 19.4 Å². The van der Waals surface area contributed by atoms with Gasteiger partial charge in [-0.15, -0.1) is 0 Å². The van der Waals surface area contributed by atoms with Crippen LogP contribution in [0.2, 0.25) is 0 Å². The van der Waals surface area contributed by atoms with Gasteiger partial charge in [0.15, 0.2) is 0 Å². The Balaban J connectivity index is 2.94. The molecule has 4 heteroatoms. The SMILES string of the molecule is CC(C)(C)Oc1ccc(CO)cc1COC(=O)C(C)(C)C. The van der Waals surface area contributed by atoms with Crippen molar-refractivity contribution in [2.45, 2.75) is 60.4 Å². The van der Waals surface area contributed by atoms with Gasteiger partial charge in [0, 0.05) is 5.56 Å². The van der Waals surface area contributed by atoms with Crippen LogP contribution in [0.5, 0.6) is 5.75 Å². The molecule has 1 aromatic rings. The highest BCUT2D eigenvalue weighted by Gasteiger charge is 2.24. The molecular weight excluding hydrogens is 268 g/mol. The van der Waals surface area contributed by atoms with Crippen LogP contribution >= 0.6 is 0 Å². The number of aliphatic hydroxyl groups is 1. The fourth-order valence-electron chi connectivity index (χ4n) is 1.63. The van der Waals surface area contributed by atoms with Gasteiger partial charge in [-0.3, -0.25) is 4.79 Å². The summed E-state index contributed by atoms with van der Waals surface area (Å²) in [5, 5.41) is 9.24. The number of carbonyl (C=O) groups excluding carboxylic acids is 1. The van der Waals surface area contributed by atoms with E-state index in [2.05, 4.69) is 0 Å². The van der Waals surface area contributed by atoms with Crippen LogP contribution in [-0.4, -0.2) is 16.7 Å². The van der Waals surface area contributed by atoms with E-state index in [4.69, 9.17) is 9.47 Å². The van der Waals surface area contributed by atoms with Crippen molar-refractivity contribution in [1.29, 1.82) is 0 Å². The van der Waals surface area contributed by atoms with Crippen molar-refractivity contribution in [2.24, 2.45) is 5.41 Å². The van der Waals surface area contributed by atoms with Gasteiger partial charge in [-0.1, -0.05) is 6.07 Å². The largest absolute Gasteiger partial charge is 0.488 e. The van der Waals surface area contributed by atoms with Crippen molar-refractivity contribution in [2.75, 3.05) is 0 Å². The van der Waals surface area contributed by atoms with Gasteiger partial charge in [-0.05, 0) is 59.2 Å². The number of aliphatic hydroxyl groups excluding tert-OH is 1. The minimum Gasteiger partial charge on any atom is -0.488 e. The molecule has 1 rings (SSSR count). The number of benzene rings is 1. The molecule has 1 aromatic carbocycles. The Morgan fingerprint density at radius 2 is 1.76 bits per heavy atom. The Bertz CT molecular complexity index is 492. The molecule has 21 heavy (non-hydrogen) atoms. The quantitative estimate of drug-likeness (QED) is 0.864. The molecule has 4 nitrogen and oxygen atoms in total. The van der Waals surface area contributed by atoms with E-state index in [0.717, 1.165) is 11.1 Å². The van der Waals surface area contributed by atoms with Crippen LogP contribution in [0.4, 0.5) is 0 Å². The summed E-state index contributed by atoms with van der Waals surface area (Å²) in [5.74, 6) is 0.403. The summed E-state index contributed by atoms with van der Waals surface area (Å²) in [4.78, 5) is 11.9. The molecule has 118 valence electrons. The lowest BCUT2D eigenvalue weighted by Crippen LogP contribution is -2.25. The lowest BCUT2D eigenvalue weighted by molar-refractivity contribution is -0.154. The van der Waals surface area contributed by atoms with E-state index in [9.17, 15) is 9.90 Å². The molecule has 0 atom stereocenters. The molecule has 0 aromatic heterocycles. The third-order valence-electron chi connectivity index (χ3n) is 2.69. The molecule has 0 spiro atoms. The van der Waals surface area contributed by atoms with Crippen LogP contribution < -0.4 is 4.74 Å². The summed E-state index contributed by atoms with van der Waals surface area (Å²) in [6.45, 7) is 11.4. The first kappa shape index (κ1) is 17.5. The van der Waals surface area contributed by atoms with Gasteiger partial charge >= 0.3 is 5.97 Å². The molecule has 0 heterocycles. The van der Waals surface area contributed by atoms with Crippen molar-refractivity contribution in [3.63, 3.8) is 0 Å². The summed E-state index contributed by atoms with van der Waals surface area (Å²) in [7, 11) is 0. The highest BCUT2D eigenvalue weighted by atomic mass is 16.5. The number of rotatable bonds is 4. The van der Waals surface area contributed by atoms with Crippen LogP contribution in [0.1, 0.15) is 52.7 Å². The van der Waals surface area contributed by atoms with E-state index < -0.39 is 5.41 Å². The minimum absolute atomic E-state index is 0.0595. The van der Waals surface area contributed by atoms with Crippen molar-refractivity contribution in [1.82, 2.24) is 0 Å². The molecule has 0 bridgehead atoms. The molecule has 0 aliphatic heterocycles. The summed E-state index contributed by atoms with van der Waals surface area (Å²) in [5.41, 5.74) is 0.635. The van der Waals surface area contributed by atoms with E-state index >= 15 is 0 Å². The molecule has 0 saturated heterocycles. The first-order valence-corrected chi connectivity index (χ1v) is 7.12. The molecule has 0 aliphatic carbocycles. The summed E-state index contributed by atoms with van der Waals surface area (Å²) < 4.78 is 11.2. The van der Waals surface area contributed by atoms with Crippen molar-refractivity contribution >= 4 is 5.97 Å². The highest BCUT2D eigenvalue weighted by molar-refractivity contribution is 5.75. The second kappa shape index (κ2) is 6.48. The fraction of sp³-hybridized carbons (Fsp3) is 0.588. The minimum atomic E-state index is -0.542. The van der Waals surface area contributed by atoms with E-state index in [1.807, 2.05) is 41.5 Å². The lowest BCUT2D eigenvalue weighted by Gasteiger charge is -2.24. The monoisotopic (exact) mass is 294 g/mol. The summed E-state index contributed by atoms with van der Waals surface area (Å²) >= 11 is 0. The zero-order valence-electron chi connectivity index (χ0n) is 13.8. The lowest BCUT2D eigenvalue weighted by atomic mass is 9.97. The van der Waals surface area contributed by atoms with Gasteiger partial charge in [-0.2, -0.15) is 0 Å². The van der Waals surface area contributed by atoms with E-state index in [0.29, 0.717) is 5.75 Å². The van der Waals surface area contributed by atoms with Gasteiger partial charge in [0.1, 0.15) is 18.0 Å². The molecule has 0 radical (unpaired) electrons. The van der Waals surface area contributed by atoms with Crippen molar-refractivity contribution in [3.8, 4) is 5.75 Å². The first-order valence-electron chi connectivity index (χ1n) is 7.12. The average molecular weight is 294 g/mol. The maximum Gasteiger partial charge on any atom is 0.311 e. The third-order valence-corrected chi connectivity index (χ3v) is 2.69. The fourth-order valence-corrected chi connectivity index (χ4v) is 1.63. The zero-order chi connectivity index (χ0) is 16.3. The Kier molecular flexibility index (Phi) is 5.40. The number of ether oxygens (including phenoxy) is 2. The van der Waals surface area contributed by atoms with E-state index in [1.165, 1.54) is 0 Å². The molecule has 0 amide bonds. The molecule has 0 unspecified atom stereocenters. The molecular formula is C17H26O4. The van der Waals surface area contributed by atoms with Gasteiger partial charge in [0.2, 0.25) is 0 Å². The zero-order valence-corrected chi connectivity index (χ0v) is 13.8. The van der Waals surface area contributed by atoms with Gasteiger partial charge in [-0.25, -0.2) is 0 Å². The Labute approximate surface area is 127 Å². The molecule has 0 fully saturated rings. The second-order valence-corrected chi connectivity index (χ2v) is 7.14. The van der Waals surface area contributed by atoms with E-state index in [-0.39, 0.29) is 24.8 Å².